The molecule has 0 aliphatic rings. The van der Waals surface area contributed by atoms with Gasteiger partial charge < -0.3 is 5.32 Å². The van der Waals surface area contributed by atoms with Gasteiger partial charge in [-0.3, -0.25) is 4.79 Å². The SMILES string of the molecule is Cc1ccc(CNC(=O)[C@@H](C)Sc2nc(-c3ccccc3)cc(C(F)(F)F)n2)cc1. The van der Waals surface area contributed by atoms with Crippen molar-refractivity contribution < 1.29 is 18.0 Å². The fourth-order valence-electron chi connectivity index (χ4n) is 2.63. The van der Waals surface area contributed by atoms with Crippen LogP contribution in [0.15, 0.2) is 65.8 Å². The Morgan fingerprint density at radius 3 is 2.37 bits per heavy atom. The molecule has 3 aromatic rings. The molecule has 0 aliphatic heterocycles. The van der Waals surface area contributed by atoms with E-state index in [4.69, 9.17) is 0 Å². The molecule has 0 saturated carbocycles. The summed E-state index contributed by atoms with van der Waals surface area (Å²) in [5.41, 5.74) is 1.72. The normalized spacial score (nSPS) is 12.4. The maximum Gasteiger partial charge on any atom is 0.433 e. The third-order valence-electron chi connectivity index (χ3n) is 4.30. The van der Waals surface area contributed by atoms with Crippen LogP contribution >= 0.6 is 11.8 Å². The smallest absolute Gasteiger partial charge is 0.351 e. The summed E-state index contributed by atoms with van der Waals surface area (Å²) >= 11 is 0.894. The van der Waals surface area contributed by atoms with E-state index in [9.17, 15) is 18.0 Å². The topological polar surface area (TPSA) is 54.9 Å². The second kappa shape index (κ2) is 9.30. The lowest BCUT2D eigenvalue weighted by Crippen LogP contribution is -2.30. The molecule has 1 atom stereocenters. The van der Waals surface area contributed by atoms with Crippen LogP contribution in [0.2, 0.25) is 0 Å². The van der Waals surface area contributed by atoms with E-state index < -0.39 is 17.1 Å². The van der Waals surface area contributed by atoms with Crippen LogP contribution in [-0.4, -0.2) is 21.1 Å². The number of rotatable bonds is 6. The summed E-state index contributed by atoms with van der Waals surface area (Å²) in [6, 6.07) is 17.2. The van der Waals surface area contributed by atoms with Crippen molar-refractivity contribution >= 4 is 17.7 Å². The first kappa shape index (κ1) is 21.8. The molecule has 0 saturated heterocycles. The van der Waals surface area contributed by atoms with Crippen LogP contribution in [0.3, 0.4) is 0 Å². The number of hydrogen-bond acceptors (Lipinski definition) is 4. The van der Waals surface area contributed by atoms with Crippen molar-refractivity contribution in [2.45, 2.75) is 37.0 Å². The van der Waals surface area contributed by atoms with Crippen molar-refractivity contribution in [3.8, 4) is 11.3 Å². The lowest BCUT2D eigenvalue weighted by molar-refractivity contribution is -0.141. The summed E-state index contributed by atoms with van der Waals surface area (Å²) < 4.78 is 40.0. The first-order valence-electron chi connectivity index (χ1n) is 9.24. The molecule has 3 rings (SSSR count). The largest absolute Gasteiger partial charge is 0.433 e. The van der Waals surface area contributed by atoms with Gasteiger partial charge in [-0.25, -0.2) is 9.97 Å². The van der Waals surface area contributed by atoms with Crippen molar-refractivity contribution in [2.24, 2.45) is 0 Å². The van der Waals surface area contributed by atoms with E-state index in [1.165, 1.54) is 0 Å². The average Bonchev–Trinajstić information content (AvgIpc) is 2.73. The van der Waals surface area contributed by atoms with Gasteiger partial charge in [0, 0.05) is 12.1 Å². The number of hydrogen-bond donors (Lipinski definition) is 1. The van der Waals surface area contributed by atoms with Gasteiger partial charge in [0.15, 0.2) is 5.16 Å². The van der Waals surface area contributed by atoms with Crippen LogP contribution in [0.4, 0.5) is 13.2 Å². The number of nitrogens with zero attached hydrogens (tertiary/aromatic N) is 2. The van der Waals surface area contributed by atoms with Crippen molar-refractivity contribution in [2.75, 3.05) is 0 Å². The number of carbonyl (C=O) groups excluding carboxylic acids is 1. The molecule has 0 aliphatic carbocycles. The van der Waals surface area contributed by atoms with Gasteiger partial charge in [-0.05, 0) is 25.5 Å². The zero-order valence-corrected chi connectivity index (χ0v) is 17.2. The molecule has 30 heavy (non-hydrogen) atoms. The maximum absolute atomic E-state index is 13.3. The van der Waals surface area contributed by atoms with Gasteiger partial charge in [0.05, 0.1) is 10.9 Å². The van der Waals surface area contributed by atoms with Gasteiger partial charge in [0.2, 0.25) is 5.91 Å². The number of halogens is 3. The molecule has 4 nitrogen and oxygen atoms in total. The van der Waals surface area contributed by atoms with Gasteiger partial charge in [0.1, 0.15) is 5.69 Å². The lowest BCUT2D eigenvalue weighted by atomic mass is 10.1. The number of nitrogens with one attached hydrogen (secondary N) is 1. The second-order valence-corrected chi connectivity index (χ2v) is 8.06. The molecule has 0 fully saturated rings. The Labute approximate surface area is 177 Å². The Hall–Kier alpha value is -2.87. The molecular formula is C22H20F3N3OS. The van der Waals surface area contributed by atoms with Crippen LogP contribution in [-0.2, 0) is 17.5 Å². The minimum absolute atomic E-state index is 0.0957. The number of amides is 1. The summed E-state index contributed by atoms with van der Waals surface area (Å²) in [4.78, 5) is 20.3. The highest BCUT2D eigenvalue weighted by Gasteiger charge is 2.34. The summed E-state index contributed by atoms with van der Waals surface area (Å²) in [7, 11) is 0. The molecule has 1 N–H and O–H groups in total. The Bertz CT molecular complexity index is 1010. The van der Waals surface area contributed by atoms with Crippen LogP contribution < -0.4 is 5.32 Å². The molecular weight excluding hydrogens is 411 g/mol. The molecule has 2 aromatic carbocycles. The van der Waals surface area contributed by atoms with Crippen molar-refractivity contribution in [1.29, 1.82) is 0 Å². The first-order valence-corrected chi connectivity index (χ1v) is 10.1. The fraction of sp³-hybridized carbons (Fsp3) is 0.227. The zero-order valence-electron chi connectivity index (χ0n) is 16.4. The van der Waals surface area contributed by atoms with Gasteiger partial charge in [0.25, 0.3) is 0 Å². The molecule has 8 heteroatoms. The molecule has 0 spiro atoms. The zero-order chi connectivity index (χ0) is 21.7. The molecule has 0 radical (unpaired) electrons. The number of aryl methyl sites for hydroxylation is 1. The highest BCUT2D eigenvalue weighted by Crippen LogP contribution is 2.32. The summed E-state index contributed by atoms with van der Waals surface area (Å²) in [5, 5.41) is 2.03. The Balaban J connectivity index is 1.75. The maximum atomic E-state index is 13.3. The quantitative estimate of drug-likeness (QED) is 0.427. The number of aromatic nitrogens is 2. The molecule has 1 amide bonds. The van der Waals surface area contributed by atoms with Gasteiger partial charge in [-0.1, -0.05) is 71.9 Å². The Morgan fingerprint density at radius 2 is 1.73 bits per heavy atom. The fourth-order valence-corrected chi connectivity index (χ4v) is 3.44. The standard InChI is InChI=1S/C22H20F3N3OS/c1-14-8-10-16(11-9-14)13-26-20(29)15(2)30-21-27-18(17-6-4-3-5-7-17)12-19(28-21)22(23,24)25/h3-12,15H,13H2,1-2H3,(H,26,29)/t15-/m1/s1. The van der Waals surface area contributed by atoms with Crippen molar-refractivity contribution in [1.82, 2.24) is 15.3 Å². The second-order valence-electron chi connectivity index (χ2n) is 6.75. The lowest BCUT2D eigenvalue weighted by Gasteiger charge is -2.14. The van der Waals surface area contributed by atoms with Crippen LogP contribution in [0.5, 0.6) is 0 Å². The van der Waals surface area contributed by atoms with Crippen molar-refractivity contribution in [3.63, 3.8) is 0 Å². The molecule has 1 heterocycles. The highest BCUT2D eigenvalue weighted by atomic mass is 32.2. The van der Waals surface area contributed by atoms with E-state index in [0.717, 1.165) is 29.0 Å². The Morgan fingerprint density at radius 1 is 1.07 bits per heavy atom. The third kappa shape index (κ3) is 5.82. The number of benzene rings is 2. The van der Waals surface area contributed by atoms with E-state index in [1.807, 2.05) is 31.2 Å². The monoisotopic (exact) mass is 431 g/mol. The third-order valence-corrected chi connectivity index (χ3v) is 5.27. The number of thioether (sulfide) groups is 1. The molecule has 1 aromatic heterocycles. The molecule has 0 unspecified atom stereocenters. The van der Waals surface area contributed by atoms with Crippen molar-refractivity contribution in [3.05, 3.63) is 77.5 Å². The van der Waals surface area contributed by atoms with E-state index >= 15 is 0 Å². The van der Waals surface area contributed by atoms with E-state index in [-0.39, 0.29) is 16.8 Å². The summed E-state index contributed by atoms with van der Waals surface area (Å²) in [5.74, 6) is -0.303. The van der Waals surface area contributed by atoms with E-state index in [0.29, 0.717) is 12.1 Å². The molecule has 156 valence electrons. The molecule has 0 bridgehead atoms. The van der Waals surface area contributed by atoms with Crippen LogP contribution in [0.25, 0.3) is 11.3 Å². The first-order chi connectivity index (χ1) is 14.2. The van der Waals surface area contributed by atoms with Gasteiger partial charge >= 0.3 is 6.18 Å². The number of alkyl halides is 3. The highest BCUT2D eigenvalue weighted by molar-refractivity contribution is 8.00. The minimum Gasteiger partial charge on any atom is -0.351 e. The van der Waals surface area contributed by atoms with E-state index in [2.05, 4.69) is 15.3 Å². The average molecular weight is 431 g/mol. The van der Waals surface area contributed by atoms with Gasteiger partial charge in [-0.2, -0.15) is 13.2 Å². The minimum atomic E-state index is -4.61. The predicted molar refractivity (Wildman–Crippen MR) is 111 cm³/mol. The van der Waals surface area contributed by atoms with Crippen LogP contribution in [0.1, 0.15) is 23.7 Å². The predicted octanol–water partition coefficient (Wildman–Crippen LogP) is 5.27. The van der Waals surface area contributed by atoms with Gasteiger partial charge in [-0.15, -0.1) is 0 Å². The summed E-state index contributed by atoms with van der Waals surface area (Å²) in [6.07, 6.45) is -4.61. The summed E-state index contributed by atoms with van der Waals surface area (Å²) in [6.45, 7) is 3.92. The Kier molecular flexibility index (Phi) is 6.77. The van der Waals surface area contributed by atoms with E-state index in [1.54, 1.807) is 37.3 Å². The van der Waals surface area contributed by atoms with Crippen LogP contribution in [0, 0.1) is 6.92 Å². The number of carbonyl (C=O) groups is 1.